The molecular formula is C25H29N3O5S. The first-order valence-electron chi connectivity index (χ1n) is 11.3. The zero-order valence-electron chi connectivity index (χ0n) is 19.6. The number of anilines is 1. The van der Waals surface area contributed by atoms with Gasteiger partial charge in [-0.05, 0) is 69.5 Å². The van der Waals surface area contributed by atoms with Gasteiger partial charge in [-0.1, -0.05) is 23.7 Å². The number of rotatable bonds is 7. The van der Waals surface area contributed by atoms with Crippen LogP contribution in [0.1, 0.15) is 41.8 Å². The fourth-order valence-electron chi connectivity index (χ4n) is 4.03. The van der Waals surface area contributed by atoms with Crippen LogP contribution in [-0.2, 0) is 21.2 Å². The Morgan fingerprint density at radius 3 is 2.53 bits per heavy atom. The average molecular weight is 484 g/mol. The van der Waals surface area contributed by atoms with Crippen LogP contribution >= 0.6 is 0 Å². The molecule has 0 saturated carbocycles. The lowest BCUT2D eigenvalue weighted by Crippen LogP contribution is -2.35. The summed E-state index contributed by atoms with van der Waals surface area (Å²) < 4.78 is 39.2. The predicted octanol–water partition coefficient (Wildman–Crippen LogP) is 4.75. The third kappa shape index (κ3) is 5.31. The summed E-state index contributed by atoms with van der Waals surface area (Å²) >= 11 is 0. The van der Waals surface area contributed by atoms with Crippen molar-refractivity contribution in [3.8, 4) is 11.5 Å². The second-order valence-corrected chi connectivity index (χ2v) is 10.5. The second kappa shape index (κ2) is 9.99. The fourth-order valence-corrected chi connectivity index (χ4v) is 5.57. The lowest BCUT2D eigenvalue weighted by Gasteiger charge is -2.26. The van der Waals surface area contributed by atoms with Gasteiger partial charge < -0.3 is 14.6 Å². The van der Waals surface area contributed by atoms with Crippen molar-refractivity contribution in [2.24, 2.45) is 0 Å². The zero-order chi connectivity index (χ0) is 24.3. The van der Waals surface area contributed by atoms with Crippen molar-refractivity contribution in [1.29, 1.82) is 0 Å². The number of carbonyl (C=O) groups excluding carboxylic acids is 1. The van der Waals surface area contributed by atoms with Crippen molar-refractivity contribution >= 4 is 21.6 Å². The highest BCUT2D eigenvalue weighted by atomic mass is 32.2. The number of hydrogen-bond donors (Lipinski definition) is 1. The van der Waals surface area contributed by atoms with Crippen LogP contribution in [0.25, 0.3) is 0 Å². The van der Waals surface area contributed by atoms with Crippen LogP contribution in [0.15, 0.2) is 51.9 Å². The highest BCUT2D eigenvalue weighted by Gasteiger charge is 2.27. The number of nitrogens with zero attached hydrogens (tertiary/aromatic N) is 2. The van der Waals surface area contributed by atoms with Crippen LogP contribution in [-0.4, -0.2) is 36.9 Å². The molecule has 2 heterocycles. The molecule has 0 radical (unpaired) electrons. The number of carbonyl (C=O) groups is 1. The molecule has 1 aliphatic rings. The maximum Gasteiger partial charge on any atom is 0.243 e. The molecule has 3 aromatic rings. The number of aromatic nitrogens is 1. The summed E-state index contributed by atoms with van der Waals surface area (Å²) in [5, 5.41) is 6.73. The highest BCUT2D eigenvalue weighted by Crippen LogP contribution is 2.34. The molecule has 1 aliphatic heterocycles. The molecule has 0 spiro atoms. The predicted molar refractivity (Wildman–Crippen MR) is 129 cm³/mol. The Morgan fingerprint density at radius 2 is 1.85 bits per heavy atom. The number of nitrogens with one attached hydrogen (secondary N) is 1. The Kier molecular flexibility index (Phi) is 7.04. The van der Waals surface area contributed by atoms with Crippen molar-refractivity contribution < 1.29 is 22.5 Å². The van der Waals surface area contributed by atoms with E-state index in [2.05, 4.69) is 10.5 Å². The molecule has 4 rings (SSSR count). The molecule has 0 aliphatic carbocycles. The third-order valence-corrected chi connectivity index (χ3v) is 7.81. The Balaban J connectivity index is 1.66. The van der Waals surface area contributed by atoms with Crippen molar-refractivity contribution in [3.05, 3.63) is 65.0 Å². The van der Waals surface area contributed by atoms with E-state index in [4.69, 9.17) is 9.26 Å². The Hall–Kier alpha value is -3.17. The van der Waals surface area contributed by atoms with Gasteiger partial charge >= 0.3 is 0 Å². The van der Waals surface area contributed by atoms with E-state index >= 15 is 0 Å². The zero-order valence-corrected chi connectivity index (χ0v) is 20.4. The number of ether oxygens (including phenoxy) is 1. The Labute approximate surface area is 200 Å². The van der Waals surface area contributed by atoms with Crippen molar-refractivity contribution in [2.75, 3.05) is 18.4 Å². The lowest BCUT2D eigenvalue weighted by molar-refractivity contribution is -0.115. The maximum absolute atomic E-state index is 13.2. The van der Waals surface area contributed by atoms with E-state index < -0.39 is 10.0 Å². The monoisotopic (exact) mass is 483 g/mol. The summed E-state index contributed by atoms with van der Waals surface area (Å²) in [5.41, 5.74) is 2.66. The first-order valence-corrected chi connectivity index (χ1v) is 12.8. The van der Waals surface area contributed by atoms with Crippen LogP contribution in [0.3, 0.4) is 0 Å². The number of hydrogen-bond acceptors (Lipinski definition) is 6. The first-order chi connectivity index (χ1) is 16.2. The number of piperidine rings is 1. The molecule has 0 unspecified atom stereocenters. The van der Waals surface area contributed by atoms with E-state index in [1.54, 1.807) is 26.0 Å². The summed E-state index contributed by atoms with van der Waals surface area (Å²) in [6.07, 6.45) is 2.76. The summed E-state index contributed by atoms with van der Waals surface area (Å²) in [6.45, 7) is 6.47. The number of sulfonamides is 1. The summed E-state index contributed by atoms with van der Waals surface area (Å²) in [6, 6.07) is 12.1. The van der Waals surface area contributed by atoms with Crippen LogP contribution in [0.4, 0.5) is 5.69 Å². The third-order valence-electron chi connectivity index (χ3n) is 5.91. The molecule has 180 valence electrons. The smallest absolute Gasteiger partial charge is 0.243 e. The lowest BCUT2D eigenvalue weighted by atomic mass is 10.1. The van der Waals surface area contributed by atoms with Crippen LogP contribution in [0.2, 0.25) is 0 Å². The van der Waals surface area contributed by atoms with Gasteiger partial charge in [0, 0.05) is 18.7 Å². The fraction of sp³-hybridized carbons (Fsp3) is 0.360. The van der Waals surface area contributed by atoms with E-state index in [1.165, 1.54) is 16.4 Å². The summed E-state index contributed by atoms with van der Waals surface area (Å²) in [7, 11) is -3.68. The maximum atomic E-state index is 13.2. The van der Waals surface area contributed by atoms with Gasteiger partial charge in [0.2, 0.25) is 15.9 Å². The summed E-state index contributed by atoms with van der Waals surface area (Å²) in [4.78, 5) is 13.0. The van der Waals surface area contributed by atoms with Crippen molar-refractivity contribution in [1.82, 2.24) is 9.46 Å². The quantitative estimate of drug-likeness (QED) is 0.520. The SMILES string of the molecule is Cc1cccc(Oc2ccc(S(=O)(=O)N3CCCCC3)cc2NC(=O)Cc2c(C)noc2C)c1. The van der Waals surface area contributed by atoms with Crippen molar-refractivity contribution in [3.63, 3.8) is 0 Å². The minimum Gasteiger partial charge on any atom is -0.455 e. The molecule has 1 N–H and O–H groups in total. The van der Waals surface area contributed by atoms with E-state index in [1.807, 2.05) is 25.1 Å². The average Bonchev–Trinajstić information content (AvgIpc) is 3.12. The largest absolute Gasteiger partial charge is 0.455 e. The minimum atomic E-state index is -3.68. The molecule has 1 saturated heterocycles. The van der Waals surface area contributed by atoms with E-state index in [-0.39, 0.29) is 22.9 Å². The number of benzene rings is 2. The Morgan fingerprint density at radius 1 is 1.09 bits per heavy atom. The molecule has 2 aromatic carbocycles. The Bertz CT molecular complexity index is 1270. The van der Waals surface area contributed by atoms with Crippen LogP contribution in [0.5, 0.6) is 11.5 Å². The van der Waals surface area contributed by atoms with Gasteiger partial charge in [0.25, 0.3) is 0 Å². The molecule has 1 aromatic heterocycles. The summed E-state index contributed by atoms with van der Waals surface area (Å²) in [5.74, 6) is 1.20. The van der Waals surface area contributed by atoms with Gasteiger partial charge in [0.05, 0.1) is 22.7 Å². The molecule has 34 heavy (non-hydrogen) atoms. The van der Waals surface area contributed by atoms with Gasteiger partial charge in [0.1, 0.15) is 11.5 Å². The van der Waals surface area contributed by atoms with Gasteiger partial charge in [-0.15, -0.1) is 0 Å². The van der Waals surface area contributed by atoms with Crippen LogP contribution in [0, 0.1) is 20.8 Å². The van der Waals surface area contributed by atoms with E-state index in [9.17, 15) is 13.2 Å². The molecule has 0 atom stereocenters. The van der Waals surface area contributed by atoms with E-state index in [0.717, 1.165) is 24.8 Å². The number of aryl methyl sites for hydroxylation is 3. The highest BCUT2D eigenvalue weighted by molar-refractivity contribution is 7.89. The standard InChI is InChI=1S/C25H29N3O5S/c1-17-8-7-9-20(14-17)32-24-11-10-21(34(30,31)28-12-5-4-6-13-28)15-23(24)26-25(29)16-22-18(2)27-33-19(22)3/h7-11,14-15H,4-6,12-13,16H2,1-3H3,(H,26,29). The van der Waals surface area contributed by atoms with Gasteiger partial charge in [-0.3, -0.25) is 4.79 Å². The molecule has 1 fully saturated rings. The normalized spacial score (nSPS) is 14.7. The topological polar surface area (TPSA) is 102 Å². The van der Waals surface area contributed by atoms with Gasteiger partial charge in [-0.25, -0.2) is 8.42 Å². The first kappa shape index (κ1) is 24.0. The molecular weight excluding hydrogens is 454 g/mol. The van der Waals surface area contributed by atoms with Gasteiger partial charge in [0.15, 0.2) is 5.75 Å². The molecule has 0 bridgehead atoms. The van der Waals surface area contributed by atoms with Gasteiger partial charge in [-0.2, -0.15) is 4.31 Å². The molecule has 8 nitrogen and oxygen atoms in total. The van der Waals surface area contributed by atoms with Crippen molar-refractivity contribution in [2.45, 2.75) is 51.3 Å². The number of amides is 1. The molecule has 1 amide bonds. The van der Waals surface area contributed by atoms with Crippen LogP contribution < -0.4 is 10.1 Å². The molecule has 9 heteroatoms. The van der Waals surface area contributed by atoms with E-state index in [0.29, 0.717) is 41.6 Å². The second-order valence-electron chi connectivity index (χ2n) is 8.57. The minimum absolute atomic E-state index is 0.0498.